The number of H-pyrrole nitrogens is 1. The van der Waals surface area contributed by atoms with Gasteiger partial charge >= 0.3 is 0 Å². The van der Waals surface area contributed by atoms with E-state index in [0.29, 0.717) is 38.5 Å². The zero-order valence-electron chi connectivity index (χ0n) is 16.5. The molecule has 1 atom stereocenters. The van der Waals surface area contributed by atoms with Crippen LogP contribution >= 0.6 is 0 Å². The number of aromatic amines is 1. The number of imidazole rings is 1. The maximum absolute atomic E-state index is 13.6. The number of ether oxygens (including phenoxy) is 1. The van der Waals surface area contributed by atoms with E-state index in [4.69, 9.17) is 4.74 Å². The van der Waals surface area contributed by atoms with Gasteiger partial charge in [0.25, 0.3) is 5.91 Å². The van der Waals surface area contributed by atoms with Crippen molar-refractivity contribution in [1.29, 1.82) is 0 Å². The van der Waals surface area contributed by atoms with Gasteiger partial charge in [0.2, 0.25) is 5.91 Å². The van der Waals surface area contributed by atoms with Crippen LogP contribution in [0.2, 0.25) is 0 Å². The van der Waals surface area contributed by atoms with E-state index >= 15 is 0 Å². The quantitative estimate of drug-likeness (QED) is 0.712. The molecule has 0 saturated carbocycles. The number of nitrogens with one attached hydrogen (secondary N) is 1. The largest absolute Gasteiger partial charge is 0.492 e. The lowest BCUT2D eigenvalue weighted by Crippen LogP contribution is -2.44. The third-order valence-corrected chi connectivity index (χ3v) is 5.95. The van der Waals surface area contributed by atoms with E-state index in [1.807, 2.05) is 54.6 Å². The van der Waals surface area contributed by atoms with Crippen molar-refractivity contribution in [3.05, 3.63) is 78.4 Å². The van der Waals surface area contributed by atoms with Crippen LogP contribution in [0.4, 0.5) is 5.69 Å². The first-order valence-corrected chi connectivity index (χ1v) is 10.1. The van der Waals surface area contributed by atoms with Gasteiger partial charge in [-0.05, 0) is 30.2 Å². The van der Waals surface area contributed by atoms with E-state index in [1.54, 1.807) is 22.2 Å². The van der Waals surface area contributed by atoms with Gasteiger partial charge in [-0.3, -0.25) is 9.59 Å². The maximum Gasteiger partial charge on any atom is 0.289 e. The molecule has 1 spiro atoms. The molecule has 2 aliphatic rings. The molecule has 0 aliphatic carbocycles. The third kappa shape index (κ3) is 2.94. The molecular weight excluding hydrogens is 380 g/mol. The third-order valence-electron chi connectivity index (χ3n) is 5.95. The number of rotatable bonds is 5. The summed E-state index contributed by atoms with van der Waals surface area (Å²) in [6.07, 6.45) is 3.79. The highest BCUT2D eigenvalue weighted by atomic mass is 16.5. The molecule has 7 heteroatoms. The first kappa shape index (κ1) is 18.4. The Kier molecular flexibility index (Phi) is 4.50. The van der Waals surface area contributed by atoms with Crippen molar-refractivity contribution in [3.63, 3.8) is 0 Å². The van der Waals surface area contributed by atoms with Crippen molar-refractivity contribution >= 4 is 17.5 Å². The van der Waals surface area contributed by atoms with Crippen LogP contribution in [0, 0.1) is 0 Å². The number of likely N-dealkylation sites (tertiary alicyclic amines) is 1. The van der Waals surface area contributed by atoms with Gasteiger partial charge in [0, 0.05) is 31.2 Å². The lowest BCUT2D eigenvalue weighted by atomic mass is 9.81. The van der Waals surface area contributed by atoms with E-state index in [9.17, 15) is 9.59 Å². The zero-order chi connectivity index (χ0) is 20.6. The Morgan fingerprint density at radius 1 is 1.13 bits per heavy atom. The van der Waals surface area contributed by atoms with Gasteiger partial charge in [-0.2, -0.15) is 0 Å². The molecule has 1 saturated heterocycles. The molecule has 3 aromatic rings. The molecule has 2 aromatic carbocycles. The molecule has 0 radical (unpaired) electrons. The summed E-state index contributed by atoms with van der Waals surface area (Å²) in [5.74, 6) is 0.949. The number of benzene rings is 2. The minimum absolute atomic E-state index is 0.0371. The molecule has 5 rings (SSSR count). The van der Waals surface area contributed by atoms with Gasteiger partial charge in [-0.15, -0.1) is 0 Å². The summed E-state index contributed by atoms with van der Waals surface area (Å²) in [6, 6.07) is 17.5. The summed E-state index contributed by atoms with van der Waals surface area (Å²) in [6.45, 7) is 1.74. The number of hydrogen-bond acceptors (Lipinski definition) is 4. The van der Waals surface area contributed by atoms with Crippen molar-refractivity contribution in [2.24, 2.45) is 0 Å². The van der Waals surface area contributed by atoms with Crippen LogP contribution in [0.5, 0.6) is 5.75 Å². The Balaban J connectivity index is 1.36. The highest BCUT2D eigenvalue weighted by Crippen LogP contribution is 2.47. The predicted octanol–water partition coefficient (Wildman–Crippen LogP) is 2.62. The van der Waals surface area contributed by atoms with E-state index in [1.165, 1.54) is 0 Å². The van der Waals surface area contributed by atoms with E-state index in [2.05, 4.69) is 9.97 Å². The smallest absolute Gasteiger partial charge is 0.289 e. The number of hydrogen-bond donors (Lipinski definition) is 1. The van der Waals surface area contributed by atoms with Gasteiger partial charge in [0.15, 0.2) is 5.82 Å². The number of nitrogens with zero attached hydrogens (tertiary/aromatic N) is 3. The summed E-state index contributed by atoms with van der Waals surface area (Å²) >= 11 is 0. The maximum atomic E-state index is 13.6. The van der Waals surface area contributed by atoms with Crippen LogP contribution in [0.1, 0.15) is 22.6 Å². The molecule has 152 valence electrons. The standard InChI is InChI=1S/C23H22N4O3/c28-21(20-24-11-12-25-20)26-13-10-23(16-26)18-8-4-5-9-19(18)27(22(23)29)14-15-30-17-6-2-1-3-7-17/h1-9,11-12H,10,13-16H2,(H,24,25). The molecule has 30 heavy (non-hydrogen) atoms. The zero-order valence-corrected chi connectivity index (χ0v) is 16.5. The van der Waals surface area contributed by atoms with Crippen LogP contribution < -0.4 is 9.64 Å². The molecule has 1 N–H and O–H groups in total. The summed E-state index contributed by atoms with van der Waals surface area (Å²) in [5.41, 5.74) is 1.20. The second-order valence-corrected chi connectivity index (χ2v) is 7.63. The number of aromatic nitrogens is 2. The highest BCUT2D eigenvalue weighted by Gasteiger charge is 2.55. The topological polar surface area (TPSA) is 78.5 Å². The first-order valence-electron chi connectivity index (χ1n) is 10.1. The number of carbonyl (C=O) groups is 2. The van der Waals surface area contributed by atoms with E-state index in [-0.39, 0.29) is 11.8 Å². The molecule has 7 nitrogen and oxygen atoms in total. The van der Waals surface area contributed by atoms with Crippen molar-refractivity contribution in [2.75, 3.05) is 31.1 Å². The van der Waals surface area contributed by atoms with Crippen LogP contribution in [0.25, 0.3) is 0 Å². The fourth-order valence-electron chi connectivity index (χ4n) is 4.50. The molecule has 2 aliphatic heterocycles. The Hall–Kier alpha value is -3.61. The fraction of sp³-hybridized carbons (Fsp3) is 0.261. The first-order chi connectivity index (χ1) is 14.7. The number of anilines is 1. The number of para-hydroxylation sites is 2. The molecule has 1 aromatic heterocycles. The molecule has 0 bridgehead atoms. The van der Waals surface area contributed by atoms with E-state index < -0.39 is 5.41 Å². The van der Waals surface area contributed by atoms with E-state index in [0.717, 1.165) is 17.0 Å². The van der Waals surface area contributed by atoms with Crippen LogP contribution in [0.15, 0.2) is 67.0 Å². The molecule has 2 amide bonds. The molecule has 3 heterocycles. The normalized spacial score (nSPS) is 20.1. The summed E-state index contributed by atoms with van der Waals surface area (Å²) < 4.78 is 5.82. The lowest BCUT2D eigenvalue weighted by Gasteiger charge is -2.24. The van der Waals surface area contributed by atoms with Crippen LogP contribution in [-0.4, -0.2) is 52.9 Å². The van der Waals surface area contributed by atoms with Crippen molar-refractivity contribution in [2.45, 2.75) is 11.8 Å². The average Bonchev–Trinajstić information content (AvgIpc) is 3.52. The van der Waals surface area contributed by atoms with Gasteiger partial charge < -0.3 is 19.5 Å². The Morgan fingerprint density at radius 2 is 1.93 bits per heavy atom. The minimum Gasteiger partial charge on any atom is -0.492 e. The second-order valence-electron chi connectivity index (χ2n) is 7.63. The number of fused-ring (bicyclic) bond motifs is 2. The Morgan fingerprint density at radius 3 is 2.73 bits per heavy atom. The number of carbonyl (C=O) groups excluding carboxylic acids is 2. The fourth-order valence-corrected chi connectivity index (χ4v) is 4.50. The highest BCUT2D eigenvalue weighted by molar-refractivity contribution is 6.09. The van der Waals surface area contributed by atoms with Gasteiger partial charge in [0.1, 0.15) is 12.4 Å². The predicted molar refractivity (Wildman–Crippen MR) is 112 cm³/mol. The average molecular weight is 402 g/mol. The Labute approximate surface area is 174 Å². The van der Waals surface area contributed by atoms with Crippen molar-refractivity contribution in [1.82, 2.24) is 14.9 Å². The second kappa shape index (κ2) is 7.33. The molecule has 1 fully saturated rings. The van der Waals surface area contributed by atoms with Crippen LogP contribution in [0.3, 0.4) is 0 Å². The van der Waals surface area contributed by atoms with Crippen molar-refractivity contribution in [3.8, 4) is 5.75 Å². The minimum atomic E-state index is -0.703. The molecular formula is C23H22N4O3. The summed E-state index contributed by atoms with van der Waals surface area (Å²) in [5, 5.41) is 0. The van der Waals surface area contributed by atoms with Crippen molar-refractivity contribution < 1.29 is 14.3 Å². The number of amides is 2. The summed E-state index contributed by atoms with van der Waals surface area (Å²) in [7, 11) is 0. The van der Waals surface area contributed by atoms with Gasteiger partial charge in [-0.1, -0.05) is 36.4 Å². The van der Waals surface area contributed by atoms with Crippen LogP contribution in [-0.2, 0) is 10.2 Å². The van der Waals surface area contributed by atoms with Gasteiger partial charge in [-0.25, -0.2) is 4.98 Å². The summed E-state index contributed by atoms with van der Waals surface area (Å²) in [4.78, 5) is 36.8. The Bertz CT molecular complexity index is 1070. The lowest BCUT2D eigenvalue weighted by molar-refractivity contribution is -0.122. The monoisotopic (exact) mass is 402 g/mol. The molecule has 1 unspecified atom stereocenters. The SMILES string of the molecule is O=C(c1ncc[nH]1)N1CCC2(C1)C(=O)N(CCOc1ccccc1)c1ccccc12. The van der Waals surface area contributed by atoms with Gasteiger partial charge in [0.05, 0.1) is 12.0 Å².